The van der Waals surface area contributed by atoms with Gasteiger partial charge in [0.05, 0.1) is 7.11 Å². The highest BCUT2D eigenvalue weighted by Crippen LogP contribution is 2.47. The molecule has 2 nitrogen and oxygen atoms in total. The smallest absolute Gasteiger partial charge is 0.123 e. The molecule has 1 atom stereocenters. The SMILES string of the molecule is COc1ccccc1C1NCC2CC1C2. The van der Waals surface area contributed by atoms with E-state index in [0.29, 0.717) is 6.04 Å². The molecule has 4 rings (SSSR count). The molecule has 0 spiro atoms. The summed E-state index contributed by atoms with van der Waals surface area (Å²) in [6, 6.07) is 8.90. The third kappa shape index (κ3) is 1.44. The van der Waals surface area contributed by atoms with E-state index in [1.165, 1.54) is 24.9 Å². The minimum absolute atomic E-state index is 0.520. The number of rotatable bonds is 2. The summed E-state index contributed by atoms with van der Waals surface area (Å²) < 4.78 is 5.42. The van der Waals surface area contributed by atoms with E-state index in [9.17, 15) is 0 Å². The van der Waals surface area contributed by atoms with Gasteiger partial charge in [0.25, 0.3) is 0 Å². The number of ether oxygens (including phenoxy) is 1. The minimum atomic E-state index is 0.520. The molecule has 2 bridgehead atoms. The van der Waals surface area contributed by atoms with Gasteiger partial charge in [0, 0.05) is 11.6 Å². The molecule has 3 aliphatic rings. The second kappa shape index (κ2) is 3.53. The summed E-state index contributed by atoms with van der Waals surface area (Å²) in [4.78, 5) is 0. The van der Waals surface area contributed by atoms with Crippen molar-refractivity contribution >= 4 is 0 Å². The lowest BCUT2D eigenvalue weighted by Gasteiger charge is -2.47. The van der Waals surface area contributed by atoms with E-state index in [2.05, 4.69) is 23.5 Å². The normalized spacial score (nSPS) is 33.3. The minimum Gasteiger partial charge on any atom is -0.496 e. The summed E-state index contributed by atoms with van der Waals surface area (Å²) >= 11 is 0. The Morgan fingerprint density at radius 2 is 2.07 bits per heavy atom. The fraction of sp³-hybridized carbons (Fsp3) is 0.538. The molecule has 1 N–H and O–H groups in total. The lowest BCUT2D eigenvalue weighted by atomic mass is 9.66. The predicted octanol–water partition coefficient (Wildman–Crippen LogP) is 2.37. The van der Waals surface area contributed by atoms with Crippen LogP contribution in [0.2, 0.25) is 0 Å². The molecule has 0 aromatic heterocycles. The van der Waals surface area contributed by atoms with Crippen LogP contribution < -0.4 is 10.1 Å². The molecular weight excluding hydrogens is 186 g/mol. The zero-order chi connectivity index (χ0) is 10.3. The summed E-state index contributed by atoms with van der Waals surface area (Å²) in [7, 11) is 1.76. The lowest BCUT2D eigenvalue weighted by Crippen LogP contribution is -2.48. The Bertz CT molecular complexity index is 355. The standard InChI is InChI=1S/C13H17NO/c1-15-12-5-3-2-4-11(12)13-10-6-9(7-10)8-14-13/h2-5,9-10,13-14H,6-8H2,1H3. The molecule has 2 aliphatic heterocycles. The first-order valence-corrected chi connectivity index (χ1v) is 5.75. The zero-order valence-electron chi connectivity index (χ0n) is 9.07. The van der Waals surface area contributed by atoms with Crippen LogP contribution in [0.5, 0.6) is 5.75 Å². The maximum absolute atomic E-state index is 5.42. The number of fused-ring (bicyclic) bond motifs is 2. The average molecular weight is 203 g/mol. The number of nitrogens with one attached hydrogen (secondary N) is 1. The van der Waals surface area contributed by atoms with Crippen molar-refractivity contribution in [2.75, 3.05) is 13.7 Å². The van der Waals surface area contributed by atoms with Gasteiger partial charge in [0.2, 0.25) is 0 Å². The Hall–Kier alpha value is -1.02. The van der Waals surface area contributed by atoms with Gasteiger partial charge < -0.3 is 10.1 Å². The van der Waals surface area contributed by atoms with Crippen molar-refractivity contribution in [2.45, 2.75) is 18.9 Å². The van der Waals surface area contributed by atoms with Crippen molar-refractivity contribution in [1.29, 1.82) is 0 Å². The molecule has 0 radical (unpaired) electrons. The molecule has 15 heavy (non-hydrogen) atoms. The van der Waals surface area contributed by atoms with Crippen LogP contribution in [0.3, 0.4) is 0 Å². The molecule has 1 unspecified atom stereocenters. The van der Waals surface area contributed by atoms with Gasteiger partial charge >= 0.3 is 0 Å². The average Bonchev–Trinajstić information content (AvgIpc) is 2.28. The van der Waals surface area contributed by atoms with Gasteiger partial charge in [-0.15, -0.1) is 0 Å². The number of piperidine rings is 2. The van der Waals surface area contributed by atoms with E-state index in [1.807, 2.05) is 6.07 Å². The predicted molar refractivity (Wildman–Crippen MR) is 60.0 cm³/mol. The molecule has 2 saturated heterocycles. The van der Waals surface area contributed by atoms with Gasteiger partial charge in [-0.3, -0.25) is 0 Å². The maximum atomic E-state index is 5.42. The van der Waals surface area contributed by atoms with Crippen LogP contribution in [0, 0.1) is 11.8 Å². The fourth-order valence-corrected chi connectivity index (χ4v) is 2.97. The first-order valence-electron chi connectivity index (χ1n) is 5.75. The molecule has 80 valence electrons. The molecule has 3 fully saturated rings. The summed E-state index contributed by atoms with van der Waals surface area (Å²) in [6.45, 7) is 1.18. The highest BCUT2D eigenvalue weighted by molar-refractivity contribution is 5.37. The van der Waals surface area contributed by atoms with Crippen molar-refractivity contribution in [3.05, 3.63) is 29.8 Å². The molecular formula is C13H17NO. The van der Waals surface area contributed by atoms with E-state index in [4.69, 9.17) is 4.74 Å². The van der Waals surface area contributed by atoms with Crippen LogP contribution in [0.4, 0.5) is 0 Å². The summed E-state index contributed by atoms with van der Waals surface area (Å²) in [5.41, 5.74) is 1.34. The van der Waals surface area contributed by atoms with Crippen LogP contribution in [0.1, 0.15) is 24.4 Å². The summed E-state index contributed by atoms with van der Waals surface area (Å²) in [6.07, 6.45) is 2.80. The Morgan fingerprint density at radius 3 is 2.73 bits per heavy atom. The van der Waals surface area contributed by atoms with E-state index in [1.54, 1.807) is 7.11 Å². The second-order valence-electron chi connectivity index (χ2n) is 4.73. The third-order valence-electron chi connectivity index (χ3n) is 3.84. The van der Waals surface area contributed by atoms with Crippen molar-refractivity contribution in [2.24, 2.45) is 11.8 Å². The molecule has 2 heteroatoms. The number of hydrogen-bond acceptors (Lipinski definition) is 2. The van der Waals surface area contributed by atoms with E-state index < -0.39 is 0 Å². The second-order valence-corrected chi connectivity index (χ2v) is 4.73. The first-order chi connectivity index (χ1) is 7.38. The number of hydrogen-bond donors (Lipinski definition) is 1. The molecule has 1 aromatic rings. The summed E-state index contributed by atoms with van der Waals surface area (Å²) in [5.74, 6) is 2.81. The van der Waals surface area contributed by atoms with Crippen LogP contribution >= 0.6 is 0 Å². The van der Waals surface area contributed by atoms with E-state index in [0.717, 1.165) is 17.6 Å². The topological polar surface area (TPSA) is 21.3 Å². The van der Waals surface area contributed by atoms with Gasteiger partial charge in [0.1, 0.15) is 5.75 Å². The van der Waals surface area contributed by atoms with Crippen molar-refractivity contribution in [3.8, 4) is 5.75 Å². The Balaban J connectivity index is 1.90. The van der Waals surface area contributed by atoms with E-state index in [-0.39, 0.29) is 0 Å². The van der Waals surface area contributed by atoms with Gasteiger partial charge in [-0.2, -0.15) is 0 Å². The Morgan fingerprint density at radius 1 is 1.27 bits per heavy atom. The lowest BCUT2D eigenvalue weighted by molar-refractivity contribution is 0.0818. The Labute approximate surface area is 90.6 Å². The van der Waals surface area contributed by atoms with Crippen molar-refractivity contribution in [1.82, 2.24) is 5.32 Å². The van der Waals surface area contributed by atoms with Crippen LogP contribution in [-0.2, 0) is 0 Å². The van der Waals surface area contributed by atoms with Gasteiger partial charge in [-0.05, 0) is 37.3 Å². The molecule has 1 saturated carbocycles. The fourth-order valence-electron chi connectivity index (χ4n) is 2.97. The van der Waals surface area contributed by atoms with Crippen molar-refractivity contribution < 1.29 is 4.74 Å². The van der Waals surface area contributed by atoms with Crippen LogP contribution in [0.25, 0.3) is 0 Å². The zero-order valence-corrected chi connectivity index (χ0v) is 9.07. The van der Waals surface area contributed by atoms with Gasteiger partial charge in [0.15, 0.2) is 0 Å². The van der Waals surface area contributed by atoms with Gasteiger partial charge in [-0.25, -0.2) is 0 Å². The quantitative estimate of drug-likeness (QED) is 0.796. The Kier molecular flexibility index (Phi) is 2.17. The molecule has 1 aliphatic carbocycles. The number of methoxy groups -OCH3 is 1. The highest BCUT2D eigenvalue weighted by Gasteiger charge is 2.41. The third-order valence-corrected chi connectivity index (χ3v) is 3.84. The van der Waals surface area contributed by atoms with Crippen LogP contribution in [-0.4, -0.2) is 13.7 Å². The molecule has 1 aromatic carbocycles. The molecule has 2 heterocycles. The molecule has 0 amide bonds. The van der Waals surface area contributed by atoms with Crippen molar-refractivity contribution in [3.63, 3.8) is 0 Å². The number of para-hydroxylation sites is 1. The summed E-state index contributed by atoms with van der Waals surface area (Å²) in [5, 5.41) is 3.63. The van der Waals surface area contributed by atoms with Gasteiger partial charge in [-0.1, -0.05) is 18.2 Å². The highest BCUT2D eigenvalue weighted by atomic mass is 16.5. The maximum Gasteiger partial charge on any atom is 0.123 e. The van der Waals surface area contributed by atoms with Crippen LogP contribution in [0.15, 0.2) is 24.3 Å². The first kappa shape index (κ1) is 9.22. The monoisotopic (exact) mass is 203 g/mol. The number of benzene rings is 1. The van der Waals surface area contributed by atoms with E-state index >= 15 is 0 Å². The largest absolute Gasteiger partial charge is 0.496 e.